The van der Waals surface area contributed by atoms with Crippen LogP contribution in [0.5, 0.6) is 0 Å². The number of carbonyl (C=O) groups excluding carboxylic acids is 1. The molecule has 0 saturated carbocycles. The van der Waals surface area contributed by atoms with Crippen molar-refractivity contribution in [2.24, 2.45) is 7.05 Å². The van der Waals surface area contributed by atoms with Gasteiger partial charge in [-0.3, -0.25) is 9.48 Å². The third kappa shape index (κ3) is 3.51. The molecule has 1 amide bonds. The summed E-state index contributed by atoms with van der Waals surface area (Å²) >= 11 is 1.52. The summed E-state index contributed by atoms with van der Waals surface area (Å²) in [7, 11) is 1.83. The van der Waals surface area contributed by atoms with Gasteiger partial charge in [-0.25, -0.2) is 0 Å². The van der Waals surface area contributed by atoms with Crippen LogP contribution in [0.25, 0.3) is 0 Å². The fourth-order valence-corrected chi connectivity index (χ4v) is 2.93. The Morgan fingerprint density at radius 1 is 1.57 bits per heavy atom. The third-order valence-corrected chi connectivity index (χ3v) is 4.16. The number of aliphatic hydroxyl groups is 1. The molecule has 1 atom stereocenters. The molecule has 2 heterocycles. The van der Waals surface area contributed by atoms with Gasteiger partial charge in [0, 0.05) is 12.7 Å². The van der Waals surface area contributed by atoms with Crippen LogP contribution in [0.2, 0.25) is 0 Å². The molecule has 0 aliphatic rings. The van der Waals surface area contributed by atoms with Gasteiger partial charge in [0.25, 0.3) is 5.91 Å². The molecule has 0 aliphatic heterocycles. The topological polar surface area (TPSA) is 67.2 Å². The van der Waals surface area contributed by atoms with Gasteiger partial charge in [0.2, 0.25) is 0 Å². The molecule has 2 aromatic rings. The first-order chi connectivity index (χ1) is 9.81. The van der Waals surface area contributed by atoms with E-state index in [0.717, 1.165) is 11.3 Å². The SMILES string of the molecule is CC(C)c1cc(C(=O)NCC(C)(O)c2ccsc2)nn1C. The lowest BCUT2D eigenvalue weighted by molar-refractivity contribution is 0.0528. The van der Waals surface area contributed by atoms with Crippen molar-refractivity contribution in [1.82, 2.24) is 15.1 Å². The first-order valence-corrected chi connectivity index (χ1v) is 7.82. The van der Waals surface area contributed by atoms with Crippen LogP contribution < -0.4 is 5.32 Å². The summed E-state index contributed by atoms with van der Waals surface area (Å²) in [5, 5.41) is 21.1. The number of aryl methyl sites for hydroxylation is 1. The maximum Gasteiger partial charge on any atom is 0.271 e. The molecule has 0 radical (unpaired) electrons. The van der Waals surface area contributed by atoms with Crippen LogP contribution in [-0.2, 0) is 12.6 Å². The third-order valence-electron chi connectivity index (χ3n) is 3.48. The van der Waals surface area contributed by atoms with Crippen LogP contribution in [0.4, 0.5) is 0 Å². The maximum absolute atomic E-state index is 12.2. The van der Waals surface area contributed by atoms with Crippen LogP contribution in [0.1, 0.15) is 48.4 Å². The highest BCUT2D eigenvalue weighted by Crippen LogP contribution is 2.22. The second kappa shape index (κ2) is 5.99. The Labute approximate surface area is 128 Å². The lowest BCUT2D eigenvalue weighted by Crippen LogP contribution is -2.38. The lowest BCUT2D eigenvalue weighted by atomic mass is 9.99. The van der Waals surface area contributed by atoms with Gasteiger partial charge in [-0.05, 0) is 41.3 Å². The van der Waals surface area contributed by atoms with Crippen molar-refractivity contribution in [2.75, 3.05) is 6.54 Å². The van der Waals surface area contributed by atoms with Gasteiger partial charge in [-0.15, -0.1) is 0 Å². The quantitative estimate of drug-likeness (QED) is 0.890. The zero-order valence-electron chi connectivity index (χ0n) is 12.8. The Balaban J connectivity index is 2.04. The van der Waals surface area contributed by atoms with E-state index in [-0.39, 0.29) is 12.5 Å². The molecule has 0 bridgehead atoms. The first kappa shape index (κ1) is 15.7. The summed E-state index contributed by atoms with van der Waals surface area (Å²) in [6, 6.07) is 3.65. The van der Waals surface area contributed by atoms with E-state index < -0.39 is 5.60 Å². The Bertz CT molecular complexity index is 615. The largest absolute Gasteiger partial charge is 0.384 e. The number of thiophene rings is 1. The van der Waals surface area contributed by atoms with Crippen molar-refractivity contribution < 1.29 is 9.90 Å². The molecule has 2 N–H and O–H groups in total. The van der Waals surface area contributed by atoms with Gasteiger partial charge in [0.1, 0.15) is 11.3 Å². The second-order valence-electron chi connectivity index (χ2n) is 5.70. The highest BCUT2D eigenvalue weighted by Gasteiger charge is 2.25. The van der Waals surface area contributed by atoms with E-state index in [9.17, 15) is 9.90 Å². The highest BCUT2D eigenvalue weighted by molar-refractivity contribution is 7.08. The summed E-state index contributed by atoms with van der Waals surface area (Å²) in [5.74, 6) is 0.0333. The molecule has 0 fully saturated rings. The zero-order chi connectivity index (χ0) is 15.6. The van der Waals surface area contributed by atoms with Crippen LogP contribution >= 0.6 is 11.3 Å². The summed E-state index contributed by atoms with van der Waals surface area (Å²) < 4.78 is 1.72. The van der Waals surface area contributed by atoms with Gasteiger partial charge in [-0.1, -0.05) is 13.8 Å². The number of rotatable bonds is 5. The average molecular weight is 307 g/mol. The molecule has 21 heavy (non-hydrogen) atoms. The van der Waals surface area contributed by atoms with Gasteiger partial charge >= 0.3 is 0 Å². The summed E-state index contributed by atoms with van der Waals surface area (Å²) in [6.45, 7) is 5.95. The van der Waals surface area contributed by atoms with Crippen molar-refractivity contribution in [3.05, 3.63) is 39.8 Å². The van der Waals surface area contributed by atoms with Gasteiger partial charge in [0.15, 0.2) is 0 Å². The fraction of sp³-hybridized carbons (Fsp3) is 0.467. The lowest BCUT2D eigenvalue weighted by Gasteiger charge is -2.22. The molecule has 1 unspecified atom stereocenters. The monoisotopic (exact) mass is 307 g/mol. The van der Waals surface area contributed by atoms with E-state index in [1.54, 1.807) is 17.7 Å². The van der Waals surface area contributed by atoms with Crippen molar-refractivity contribution in [3.63, 3.8) is 0 Å². The molecular formula is C15H21N3O2S. The number of carbonyl (C=O) groups is 1. The molecule has 2 aromatic heterocycles. The minimum Gasteiger partial charge on any atom is -0.384 e. The number of aromatic nitrogens is 2. The normalized spacial score (nSPS) is 14.2. The van der Waals surface area contributed by atoms with E-state index in [1.165, 1.54) is 11.3 Å². The average Bonchev–Trinajstić information content (AvgIpc) is 3.05. The Hall–Kier alpha value is -1.66. The molecule has 6 heteroatoms. The van der Waals surface area contributed by atoms with E-state index in [0.29, 0.717) is 11.6 Å². The molecule has 0 saturated heterocycles. The van der Waals surface area contributed by atoms with E-state index in [4.69, 9.17) is 0 Å². The van der Waals surface area contributed by atoms with Crippen LogP contribution in [-0.4, -0.2) is 27.3 Å². The summed E-state index contributed by atoms with van der Waals surface area (Å²) in [4.78, 5) is 12.2. The zero-order valence-corrected chi connectivity index (χ0v) is 13.6. The smallest absolute Gasteiger partial charge is 0.271 e. The van der Waals surface area contributed by atoms with Gasteiger partial charge < -0.3 is 10.4 Å². The molecular weight excluding hydrogens is 286 g/mol. The van der Waals surface area contributed by atoms with Crippen molar-refractivity contribution in [1.29, 1.82) is 0 Å². The molecule has 0 aromatic carbocycles. The Morgan fingerprint density at radius 3 is 2.81 bits per heavy atom. The fourth-order valence-electron chi connectivity index (χ4n) is 2.15. The minimum atomic E-state index is -1.08. The predicted octanol–water partition coefficient (Wildman–Crippen LogP) is 2.24. The molecule has 0 spiro atoms. The number of hydrogen-bond acceptors (Lipinski definition) is 4. The van der Waals surface area contributed by atoms with Gasteiger partial charge in [-0.2, -0.15) is 16.4 Å². The van der Waals surface area contributed by atoms with Crippen molar-refractivity contribution >= 4 is 17.2 Å². The van der Waals surface area contributed by atoms with Crippen molar-refractivity contribution in [3.8, 4) is 0 Å². The number of hydrogen-bond donors (Lipinski definition) is 2. The van der Waals surface area contributed by atoms with E-state index in [1.807, 2.05) is 23.9 Å². The van der Waals surface area contributed by atoms with E-state index in [2.05, 4.69) is 24.3 Å². The minimum absolute atomic E-state index is 0.149. The maximum atomic E-state index is 12.2. The second-order valence-corrected chi connectivity index (χ2v) is 6.48. The number of amides is 1. The van der Waals surface area contributed by atoms with Crippen LogP contribution in [0, 0.1) is 0 Å². The number of nitrogens with zero attached hydrogens (tertiary/aromatic N) is 2. The van der Waals surface area contributed by atoms with Crippen LogP contribution in [0.3, 0.4) is 0 Å². The Morgan fingerprint density at radius 2 is 2.29 bits per heavy atom. The predicted molar refractivity (Wildman–Crippen MR) is 83.5 cm³/mol. The van der Waals surface area contributed by atoms with Crippen LogP contribution in [0.15, 0.2) is 22.9 Å². The molecule has 5 nitrogen and oxygen atoms in total. The van der Waals surface area contributed by atoms with E-state index >= 15 is 0 Å². The van der Waals surface area contributed by atoms with Crippen molar-refractivity contribution in [2.45, 2.75) is 32.3 Å². The Kier molecular flexibility index (Phi) is 4.49. The number of nitrogens with one attached hydrogen (secondary N) is 1. The summed E-state index contributed by atoms with van der Waals surface area (Å²) in [5.41, 5.74) is 1.11. The first-order valence-electron chi connectivity index (χ1n) is 6.88. The molecule has 114 valence electrons. The highest BCUT2D eigenvalue weighted by atomic mass is 32.1. The molecule has 0 aliphatic carbocycles. The van der Waals surface area contributed by atoms with Gasteiger partial charge in [0.05, 0.1) is 6.54 Å². The standard InChI is InChI=1S/C15H21N3O2S/c1-10(2)13-7-12(17-18(13)4)14(19)16-9-15(3,20)11-5-6-21-8-11/h5-8,10,20H,9H2,1-4H3,(H,16,19). The summed E-state index contributed by atoms with van der Waals surface area (Å²) in [6.07, 6.45) is 0. The molecule has 2 rings (SSSR count).